The summed E-state index contributed by atoms with van der Waals surface area (Å²) < 4.78 is 1.18. The molecule has 0 atom stereocenters. The average molecular weight is 257 g/mol. The van der Waals surface area contributed by atoms with Gasteiger partial charge in [-0.3, -0.25) is 14.5 Å². The van der Waals surface area contributed by atoms with Gasteiger partial charge in [-0.25, -0.2) is 4.68 Å². The second-order valence-corrected chi connectivity index (χ2v) is 4.39. The highest BCUT2D eigenvalue weighted by Gasteiger charge is 2.29. The second-order valence-electron chi connectivity index (χ2n) is 4.39. The Balaban J connectivity index is 2.03. The monoisotopic (exact) mass is 257 g/mol. The number of aromatic nitrogens is 2. The van der Waals surface area contributed by atoms with Gasteiger partial charge in [-0.2, -0.15) is 5.10 Å². The van der Waals surface area contributed by atoms with Gasteiger partial charge in [-0.1, -0.05) is 0 Å². The lowest BCUT2D eigenvalue weighted by Crippen LogP contribution is -2.28. The maximum Gasteiger partial charge on any atom is 0.266 e. The molecule has 0 unspecified atom stereocenters. The number of carbonyl (C=O) groups excluding carboxylic acids is 1. The molecule has 2 aromatic rings. The highest BCUT2D eigenvalue weighted by Crippen LogP contribution is 2.28. The summed E-state index contributed by atoms with van der Waals surface area (Å²) >= 11 is 0. The van der Waals surface area contributed by atoms with E-state index in [1.165, 1.54) is 34.8 Å². The molecule has 0 fully saturated rings. The Morgan fingerprint density at radius 3 is 2.74 bits per heavy atom. The van der Waals surface area contributed by atoms with Crippen molar-refractivity contribution in [3.63, 3.8) is 0 Å². The van der Waals surface area contributed by atoms with Gasteiger partial charge in [0.2, 0.25) is 0 Å². The summed E-state index contributed by atoms with van der Waals surface area (Å²) in [6.07, 6.45) is 0. The normalized spacial score (nSPS) is 13.7. The van der Waals surface area contributed by atoms with Gasteiger partial charge in [0.15, 0.2) is 5.82 Å². The van der Waals surface area contributed by atoms with E-state index in [4.69, 9.17) is 0 Å². The third-order valence-electron chi connectivity index (χ3n) is 3.12. The van der Waals surface area contributed by atoms with Crippen LogP contribution in [-0.4, -0.2) is 20.8 Å². The predicted molar refractivity (Wildman–Crippen MR) is 68.1 cm³/mol. The molecule has 1 aliphatic rings. The van der Waals surface area contributed by atoms with Crippen LogP contribution in [0.1, 0.15) is 15.9 Å². The van der Waals surface area contributed by atoms with Crippen molar-refractivity contribution >= 4 is 11.7 Å². The van der Waals surface area contributed by atoms with Crippen LogP contribution >= 0.6 is 0 Å². The SMILES string of the molecule is Cn1nc(N2Cc3cc(O)ccc3C2=O)ccc1=O. The van der Waals surface area contributed by atoms with Crippen LogP contribution < -0.4 is 10.5 Å². The highest BCUT2D eigenvalue weighted by atomic mass is 16.3. The molecule has 0 saturated heterocycles. The van der Waals surface area contributed by atoms with Crippen molar-refractivity contribution in [1.29, 1.82) is 0 Å². The van der Waals surface area contributed by atoms with E-state index in [0.29, 0.717) is 17.9 Å². The van der Waals surface area contributed by atoms with Crippen molar-refractivity contribution in [2.45, 2.75) is 6.54 Å². The maximum absolute atomic E-state index is 12.2. The Morgan fingerprint density at radius 2 is 2.00 bits per heavy atom. The van der Waals surface area contributed by atoms with Crippen LogP contribution in [0.5, 0.6) is 5.75 Å². The van der Waals surface area contributed by atoms with Gasteiger partial charge >= 0.3 is 0 Å². The number of hydrogen-bond acceptors (Lipinski definition) is 4. The molecule has 1 aromatic carbocycles. The topological polar surface area (TPSA) is 75.4 Å². The Morgan fingerprint density at radius 1 is 1.21 bits per heavy atom. The molecule has 6 nitrogen and oxygen atoms in total. The van der Waals surface area contributed by atoms with E-state index in [1.54, 1.807) is 12.1 Å². The van der Waals surface area contributed by atoms with Gasteiger partial charge in [0.25, 0.3) is 11.5 Å². The lowest BCUT2D eigenvalue weighted by atomic mass is 10.1. The fourth-order valence-corrected chi connectivity index (χ4v) is 2.13. The van der Waals surface area contributed by atoms with Crippen LogP contribution in [0, 0.1) is 0 Å². The molecule has 1 N–H and O–H groups in total. The number of hydrogen-bond donors (Lipinski definition) is 1. The molecular weight excluding hydrogens is 246 g/mol. The summed E-state index contributed by atoms with van der Waals surface area (Å²) in [6, 6.07) is 7.53. The number of phenols is 1. The number of anilines is 1. The van der Waals surface area contributed by atoms with Gasteiger partial charge in [-0.05, 0) is 29.8 Å². The van der Waals surface area contributed by atoms with Crippen molar-refractivity contribution in [2.75, 3.05) is 4.90 Å². The van der Waals surface area contributed by atoms with Gasteiger partial charge in [0.05, 0.1) is 6.54 Å². The minimum Gasteiger partial charge on any atom is -0.508 e. The Hall–Kier alpha value is -2.63. The fourth-order valence-electron chi connectivity index (χ4n) is 2.13. The van der Waals surface area contributed by atoms with Crippen LogP contribution in [-0.2, 0) is 13.6 Å². The van der Waals surface area contributed by atoms with E-state index < -0.39 is 0 Å². The lowest BCUT2D eigenvalue weighted by Gasteiger charge is -2.14. The number of nitrogens with zero attached hydrogens (tertiary/aromatic N) is 3. The van der Waals surface area contributed by atoms with E-state index in [2.05, 4.69) is 5.10 Å². The van der Waals surface area contributed by atoms with Crippen LogP contribution in [0.3, 0.4) is 0 Å². The van der Waals surface area contributed by atoms with Crippen LogP contribution in [0.25, 0.3) is 0 Å². The first kappa shape index (κ1) is 11.5. The predicted octanol–water partition coefficient (Wildman–Crippen LogP) is 0.646. The zero-order valence-corrected chi connectivity index (χ0v) is 10.2. The number of amides is 1. The van der Waals surface area contributed by atoms with Gasteiger partial charge in [-0.15, -0.1) is 0 Å². The lowest BCUT2D eigenvalue weighted by molar-refractivity contribution is 0.0995. The number of fused-ring (bicyclic) bond motifs is 1. The molecule has 2 heterocycles. The summed E-state index contributed by atoms with van der Waals surface area (Å²) in [7, 11) is 1.53. The maximum atomic E-state index is 12.2. The number of benzene rings is 1. The molecule has 96 valence electrons. The molecule has 0 saturated carbocycles. The van der Waals surface area contributed by atoms with E-state index in [-0.39, 0.29) is 17.2 Å². The first-order chi connectivity index (χ1) is 9.06. The standard InChI is InChI=1S/C13H11N3O3/c1-15-12(18)5-4-11(14-15)16-7-8-6-9(17)2-3-10(8)13(16)19/h2-6,17H,7H2,1H3. The van der Waals surface area contributed by atoms with Crippen LogP contribution in [0.2, 0.25) is 0 Å². The van der Waals surface area contributed by atoms with Gasteiger partial charge in [0, 0.05) is 18.7 Å². The smallest absolute Gasteiger partial charge is 0.266 e. The third kappa shape index (κ3) is 1.77. The minimum absolute atomic E-state index is 0.127. The molecule has 6 heteroatoms. The second kappa shape index (κ2) is 3.94. The quantitative estimate of drug-likeness (QED) is 0.813. The van der Waals surface area contributed by atoms with E-state index >= 15 is 0 Å². The molecule has 0 spiro atoms. The number of rotatable bonds is 1. The average Bonchev–Trinajstić information content (AvgIpc) is 2.70. The summed E-state index contributed by atoms with van der Waals surface area (Å²) in [5, 5.41) is 13.5. The number of aryl methyl sites for hydroxylation is 1. The van der Waals surface area contributed by atoms with E-state index in [0.717, 1.165) is 5.56 Å². The Kier molecular flexibility index (Phi) is 2.38. The zero-order valence-electron chi connectivity index (χ0n) is 10.2. The number of aromatic hydroxyl groups is 1. The summed E-state index contributed by atoms with van der Waals surface area (Å²) in [4.78, 5) is 25.0. The van der Waals surface area contributed by atoms with Crippen molar-refractivity contribution in [2.24, 2.45) is 7.05 Å². The van der Waals surface area contributed by atoms with Crippen LogP contribution in [0.15, 0.2) is 35.1 Å². The highest BCUT2D eigenvalue weighted by molar-refractivity contribution is 6.09. The van der Waals surface area contributed by atoms with Crippen LogP contribution in [0.4, 0.5) is 5.82 Å². The van der Waals surface area contributed by atoms with Crippen molar-refractivity contribution < 1.29 is 9.90 Å². The molecule has 0 radical (unpaired) electrons. The molecule has 3 rings (SSSR count). The zero-order chi connectivity index (χ0) is 13.6. The Bertz CT molecular complexity index is 736. The first-order valence-corrected chi connectivity index (χ1v) is 5.74. The van der Waals surface area contributed by atoms with E-state index in [1.807, 2.05) is 0 Å². The van der Waals surface area contributed by atoms with Crippen molar-refractivity contribution in [1.82, 2.24) is 9.78 Å². The number of carbonyl (C=O) groups is 1. The van der Waals surface area contributed by atoms with E-state index in [9.17, 15) is 14.7 Å². The molecule has 0 bridgehead atoms. The largest absolute Gasteiger partial charge is 0.508 e. The van der Waals surface area contributed by atoms with Gasteiger partial charge in [0.1, 0.15) is 5.75 Å². The molecule has 19 heavy (non-hydrogen) atoms. The molecule has 1 amide bonds. The molecule has 0 aliphatic carbocycles. The summed E-state index contributed by atoms with van der Waals surface area (Å²) in [5.41, 5.74) is 1.07. The summed E-state index contributed by atoms with van der Waals surface area (Å²) in [5.74, 6) is 0.366. The van der Waals surface area contributed by atoms with Crippen molar-refractivity contribution in [3.8, 4) is 5.75 Å². The molecule has 1 aliphatic heterocycles. The molecular formula is C13H11N3O3. The molecule has 1 aromatic heterocycles. The van der Waals surface area contributed by atoms with Crippen molar-refractivity contribution in [3.05, 3.63) is 51.8 Å². The first-order valence-electron chi connectivity index (χ1n) is 5.74. The Labute approximate surface area is 108 Å². The number of phenolic OH excluding ortho intramolecular Hbond substituents is 1. The summed E-state index contributed by atoms with van der Waals surface area (Å²) in [6.45, 7) is 0.341. The fraction of sp³-hybridized carbons (Fsp3) is 0.154. The minimum atomic E-state index is -0.231. The van der Waals surface area contributed by atoms with Gasteiger partial charge < -0.3 is 5.11 Å². The third-order valence-corrected chi connectivity index (χ3v) is 3.12.